The molecule has 0 aliphatic heterocycles. The predicted molar refractivity (Wildman–Crippen MR) is 163 cm³/mol. The first-order valence-electron chi connectivity index (χ1n) is 16.2. The first kappa shape index (κ1) is 38.1. The van der Waals surface area contributed by atoms with Crippen molar-refractivity contribution in [1.29, 1.82) is 0 Å². The Kier molecular flexibility index (Phi) is 22.7. The third-order valence-electron chi connectivity index (χ3n) is 8.14. The molecule has 0 amide bonds. The lowest BCUT2D eigenvalue weighted by atomic mass is 10.0. The van der Waals surface area contributed by atoms with Crippen molar-refractivity contribution in [3.8, 4) is 0 Å². The van der Waals surface area contributed by atoms with E-state index in [0.717, 1.165) is 19.3 Å². The predicted octanol–water partition coefficient (Wildman–Crippen LogP) is 8.17. The van der Waals surface area contributed by atoms with Crippen molar-refractivity contribution < 1.29 is 34.2 Å². The van der Waals surface area contributed by atoms with Crippen molar-refractivity contribution in [3.05, 3.63) is 12.2 Å². The van der Waals surface area contributed by atoms with E-state index in [-0.39, 0.29) is 24.1 Å². The van der Waals surface area contributed by atoms with E-state index in [2.05, 4.69) is 19.1 Å². The van der Waals surface area contributed by atoms with Crippen LogP contribution in [0.25, 0.3) is 0 Å². The highest BCUT2D eigenvalue weighted by atomic mass is 16.4. The quantitative estimate of drug-likeness (QED) is 0.0498. The summed E-state index contributed by atoms with van der Waals surface area (Å²) in [5.74, 6) is -4.88. The van der Waals surface area contributed by atoms with Gasteiger partial charge in [-0.15, -0.1) is 0 Å². The number of hydrogen-bond donors (Lipinski definition) is 3. The van der Waals surface area contributed by atoms with E-state index < -0.39 is 35.7 Å². The Labute approximate surface area is 245 Å². The zero-order valence-electron chi connectivity index (χ0n) is 26.2. The minimum atomic E-state index is -0.943. The van der Waals surface area contributed by atoms with E-state index in [1.807, 2.05) is 0 Å². The van der Waals surface area contributed by atoms with Gasteiger partial charge in [-0.1, -0.05) is 103 Å². The van der Waals surface area contributed by atoms with E-state index in [4.69, 9.17) is 0 Å². The topological polar surface area (TPSA) is 112 Å². The number of carboxylic acid groups (broad SMARTS) is 3. The van der Waals surface area contributed by atoms with E-state index in [1.54, 1.807) is 20.8 Å². The molecule has 234 valence electrons. The highest BCUT2D eigenvalue weighted by Crippen LogP contribution is 2.22. The molecule has 0 fully saturated rings. The molecule has 0 saturated heterocycles. The van der Waals surface area contributed by atoms with Gasteiger partial charge >= 0.3 is 17.9 Å². The maximum Gasteiger partial charge on any atom is 0.311 e. The van der Waals surface area contributed by atoms with Crippen LogP contribution in [0, 0.1) is 17.8 Å². The Hall–Kier alpha value is -1.89. The van der Waals surface area contributed by atoms with Gasteiger partial charge in [-0.25, -0.2) is 0 Å². The fourth-order valence-electron chi connectivity index (χ4n) is 5.71. The Balaban J connectivity index is 4.37. The smallest absolute Gasteiger partial charge is 0.311 e. The van der Waals surface area contributed by atoms with Crippen molar-refractivity contribution in [1.82, 2.24) is 0 Å². The van der Waals surface area contributed by atoms with Crippen LogP contribution in [0.15, 0.2) is 12.2 Å². The van der Waals surface area contributed by atoms with Crippen molar-refractivity contribution >= 4 is 17.9 Å². The minimum Gasteiger partial charge on any atom is -0.481 e. The van der Waals surface area contributed by atoms with E-state index >= 15 is 0 Å². The van der Waals surface area contributed by atoms with Crippen LogP contribution in [0.2, 0.25) is 0 Å². The standard InChI is InChI=1S/C33H61NO6/c1-5-6-7-8-9-10-11-12-13-14-15-16-17-18-19-20-21-22-23-24-34(25-28(2)31(35)36,26-29(3)32(37)38)27-30(4)33(39)40/h20-21,28-30H,5-19,22-27H2,1-4H3,(H2-,35,36,37,38,39,40)/p+1/b21-20+. The number of rotatable bonds is 28. The molecule has 0 aliphatic carbocycles. The van der Waals surface area contributed by atoms with Crippen molar-refractivity contribution in [2.24, 2.45) is 17.8 Å². The zero-order chi connectivity index (χ0) is 30.2. The second-order valence-corrected chi connectivity index (χ2v) is 12.3. The van der Waals surface area contributed by atoms with Gasteiger partial charge in [0.05, 0.1) is 26.2 Å². The molecule has 0 spiro atoms. The Morgan fingerprint density at radius 1 is 0.525 bits per heavy atom. The van der Waals surface area contributed by atoms with Crippen molar-refractivity contribution in [2.75, 3.05) is 26.2 Å². The molecule has 40 heavy (non-hydrogen) atoms. The maximum atomic E-state index is 11.6. The average Bonchev–Trinajstić information content (AvgIpc) is 2.89. The summed E-state index contributed by atoms with van der Waals surface area (Å²) in [6, 6.07) is 0. The fraction of sp³-hybridized carbons (Fsp3) is 0.848. The van der Waals surface area contributed by atoms with Gasteiger partial charge in [0.1, 0.15) is 17.8 Å². The molecule has 7 nitrogen and oxygen atoms in total. The second kappa shape index (κ2) is 23.8. The van der Waals surface area contributed by atoms with Crippen LogP contribution >= 0.6 is 0 Å². The van der Waals surface area contributed by atoms with Crippen molar-refractivity contribution in [3.63, 3.8) is 0 Å². The molecule has 0 radical (unpaired) electrons. The molecule has 0 rings (SSSR count). The third-order valence-corrected chi connectivity index (χ3v) is 8.14. The van der Waals surface area contributed by atoms with Gasteiger partial charge in [0.25, 0.3) is 0 Å². The normalized spacial score (nSPS) is 15.5. The average molecular weight is 569 g/mol. The van der Waals surface area contributed by atoms with Crippen LogP contribution in [0.4, 0.5) is 0 Å². The van der Waals surface area contributed by atoms with Gasteiger partial charge in [0.15, 0.2) is 0 Å². The molecule has 3 unspecified atom stereocenters. The molecule has 0 saturated carbocycles. The lowest BCUT2D eigenvalue weighted by molar-refractivity contribution is -0.934. The molecule has 3 N–H and O–H groups in total. The Morgan fingerprint density at radius 2 is 0.825 bits per heavy atom. The SMILES string of the molecule is CCCCCCCCCCCCCCCC/C=C/CCC[N+](CC(C)C(=O)O)(CC(C)C(=O)O)CC(C)C(=O)O. The largest absolute Gasteiger partial charge is 0.481 e. The van der Waals surface area contributed by atoms with Crippen LogP contribution < -0.4 is 0 Å². The summed E-state index contributed by atoms with van der Waals surface area (Å²) < 4.78 is 0.196. The van der Waals surface area contributed by atoms with Gasteiger partial charge < -0.3 is 19.8 Å². The molecule has 0 aliphatic rings. The fourth-order valence-corrected chi connectivity index (χ4v) is 5.71. The highest BCUT2D eigenvalue weighted by molar-refractivity contribution is 5.70. The van der Waals surface area contributed by atoms with Gasteiger partial charge in [0.2, 0.25) is 0 Å². The number of aliphatic carboxylic acids is 3. The summed E-state index contributed by atoms with van der Waals surface area (Å²) in [5.41, 5.74) is 0. The Bertz CT molecular complexity index is 652. The lowest BCUT2D eigenvalue weighted by Crippen LogP contribution is -2.57. The number of carbonyl (C=O) groups is 3. The number of carboxylic acids is 3. The first-order chi connectivity index (χ1) is 19.0. The molecular weight excluding hydrogens is 506 g/mol. The maximum absolute atomic E-state index is 11.6. The molecule has 0 aromatic carbocycles. The first-order valence-corrected chi connectivity index (χ1v) is 16.2. The van der Waals surface area contributed by atoms with E-state index in [9.17, 15) is 29.7 Å². The summed E-state index contributed by atoms with van der Waals surface area (Å²) in [4.78, 5) is 34.8. The Morgan fingerprint density at radius 3 is 1.15 bits per heavy atom. The minimum absolute atomic E-state index is 0.196. The second-order valence-electron chi connectivity index (χ2n) is 12.3. The van der Waals surface area contributed by atoms with E-state index in [0.29, 0.717) is 6.54 Å². The van der Waals surface area contributed by atoms with Gasteiger partial charge in [-0.3, -0.25) is 14.4 Å². The monoisotopic (exact) mass is 568 g/mol. The molecule has 3 atom stereocenters. The molecule has 0 aromatic heterocycles. The number of allylic oxidation sites excluding steroid dienone is 2. The van der Waals surface area contributed by atoms with Crippen LogP contribution in [-0.4, -0.2) is 63.9 Å². The molecule has 0 bridgehead atoms. The number of unbranched alkanes of at least 4 members (excludes halogenated alkanes) is 15. The summed E-state index contributed by atoms with van der Waals surface area (Å²) in [6.07, 6.45) is 25.9. The summed E-state index contributed by atoms with van der Waals surface area (Å²) in [5, 5.41) is 28.5. The highest BCUT2D eigenvalue weighted by Gasteiger charge is 2.38. The molecule has 7 heteroatoms. The van der Waals surface area contributed by atoms with Crippen molar-refractivity contribution in [2.45, 2.75) is 137 Å². The third kappa shape index (κ3) is 20.1. The molecule has 0 aromatic rings. The summed E-state index contributed by atoms with van der Waals surface area (Å²) in [7, 11) is 0. The van der Waals surface area contributed by atoms with Crippen LogP contribution in [0.5, 0.6) is 0 Å². The number of quaternary nitrogens is 1. The van der Waals surface area contributed by atoms with Crippen LogP contribution in [0.3, 0.4) is 0 Å². The van der Waals surface area contributed by atoms with E-state index in [1.165, 1.54) is 89.9 Å². The van der Waals surface area contributed by atoms with Gasteiger partial charge in [-0.2, -0.15) is 0 Å². The van der Waals surface area contributed by atoms with Gasteiger partial charge in [-0.05, 0) is 40.0 Å². The number of hydrogen-bond acceptors (Lipinski definition) is 3. The van der Waals surface area contributed by atoms with Crippen LogP contribution in [0.1, 0.15) is 137 Å². The van der Waals surface area contributed by atoms with Gasteiger partial charge in [0, 0.05) is 6.42 Å². The molecular formula is C33H62NO6+. The summed E-state index contributed by atoms with van der Waals surface area (Å²) in [6.45, 7) is 8.36. The number of nitrogens with zero attached hydrogens (tertiary/aromatic N) is 1. The summed E-state index contributed by atoms with van der Waals surface area (Å²) >= 11 is 0. The zero-order valence-corrected chi connectivity index (χ0v) is 26.2. The molecule has 0 heterocycles. The van der Waals surface area contributed by atoms with Crippen LogP contribution in [-0.2, 0) is 14.4 Å². The lowest BCUT2D eigenvalue weighted by Gasteiger charge is -2.42.